The van der Waals surface area contributed by atoms with Crippen molar-refractivity contribution in [3.8, 4) is 11.5 Å². The molecule has 0 fully saturated rings. The number of hydrogen-bond acceptors (Lipinski definition) is 14. The summed E-state index contributed by atoms with van der Waals surface area (Å²) in [4.78, 5) is 66.6. The largest absolute Gasteiger partial charge is 0.481 e. The van der Waals surface area contributed by atoms with Gasteiger partial charge in [-0.1, -0.05) is 208 Å². The van der Waals surface area contributed by atoms with E-state index in [4.69, 9.17) is 43.0 Å². The summed E-state index contributed by atoms with van der Waals surface area (Å²) in [5.41, 5.74) is 1.18. The van der Waals surface area contributed by atoms with Crippen LogP contribution in [0, 0.1) is 5.92 Å². The number of amides is 2. The van der Waals surface area contributed by atoms with Crippen LogP contribution < -0.4 is 20.1 Å². The van der Waals surface area contributed by atoms with Crippen LogP contribution in [0.4, 0.5) is 11.4 Å². The zero-order chi connectivity index (χ0) is 62.6. The molecule has 2 amide bonds. The predicted molar refractivity (Wildman–Crippen MR) is 338 cm³/mol. The molecule has 21 heteroatoms. The van der Waals surface area contributed by atoms with Gasteiger partial charge in [-0.3, -0.25) is 14.4 Å². The van der Waals surface area contributed by atoms with Gasteiger partial charge in [-0.15, -0.1) is 5.10 Å². The number of rotatable bonds is 35. The first kappa shape index (κ1) is 74.2. The summed E-state index contributed by atoms with van der Waals surface area (Å²) < 4.78 is 12.5. The summed E-state index contributed by atoms with van der Waals surface area (Å²) in [6.07, 6.45) is 31.1. The van der Waals surface area contributed by atoms with Crippen molar-refractivity contribution in [3.05, 3.63) is 142 Å². The highest BCUT2D eigenvalue weighted by Crippen LogP contribution is 2.31. The lowest BCUT2D eigenvalue weighted by molar-refractivity contribution is -0.186. The van der Waals surface area contributed by atoms with E-state index in [9.17, 15) is 34.2 Å². The number of hydrogen-bond donors (Lipinski definition) is 6. The monoisotopic (exact) mass is 1230 g/mol. The lowest BCUT2D eigenvalue weighted by Crippen LogP contribution is -2.36. The number of aliphatic hydroxyl groups excluding tert-OH is 1. The summed E-state index contributed by atoms with van der Waals surface area (Å²) in [6, 6.07) is 21.2. The highest BCUT2D eigenvalue weighted by atomic mass is 35.5. The second-order valence-corrected chi connectivity index (χ2v) is 21.7. The molecule has 1 aromatic heterocycles. The van der Waals surface area contributed by atoms with Crippen molar-refractivity contribution >= 4 is 76.1 Å². The molecule has 0 aliphatic carbocycles. The molecule has 1 atom stereocenters. The minimum absolute atomic E-state index is 0.0263. The number of carbonyl (C=O) groups excluding carboxylic acids is 3. The molecule has 0 aliphatic heterocycles. The molecule has 0 saturated carbocycles. The number of nitrogens with zero attached hydrogens (tertiary/aromatic N) is 4. The van der Waals surface area contributed by atoms with Crippen molar-refractivity contribution in [2.45, 2.75) is 187 Å². The molecule has 5 rings (SSSR count). The lowest BCUT2D eigenvalue weighted by Gasteiger charge is -2.19. The highest BCUT2D eigenvalue weighted by Gasteiger charge is 2.31. The van der Waals surface area contributed by atoms with E-state index in [1.807, 2.05) is 0 Å². The molecular formula is C64H88Cl2N6O12S. The van der Waals surface area contributed by atoms with Gasteiger partial charge in [-0.2, -0.15) is 0 Å². The average Bonchev–Trinajstić information content (AvgIpc) is 4.07. The summed E-state index contributed by atoms with van der Waals surface area (Å²) in [6.45, 7) is 10.1. The van der Waals surface area contributed by atoms with Crippen molar-refractivity contribution in [1.82, 2.24) is 20.2 Å². The summed E-state index contributed by atoms with van der Waals surface area (Å²) in [5, 5.41) is 52.5. The fourth-order valence-corrected chi connectivity index (χ4v) is 9.29. The van der Waals surface area contributed by atoms with E-state index in [2.05, 4.69) is 51.8 Å². The molecule has 0 spiro atoms. The van der Waals surface area contributed by atoms with Crippen LogP contribution in [0.1, 0.15) is 201 Å². The van der Waals surface area contributed by atoms with Gasteiger partial charge in [0.05, 0.1) is 32.5 Å². The number of halogens is 2. The van der Waals surface area contributed by atoms with Gasteiger partial charge in [0.25, 0.3) is 5.95 Å². The smallest absolute Gasteiger partial charge is 0.343 e. The predicted octanol–water partition coefficient (Wildman–Crippen LogP) is 17.3. The summed E-state index contributed by atoms with van der Waals surface area (Å²) >= 11 is 14.1. The Morgan fingerprint density at radius 2 is 1.15 bits per heavy atom. The van der Waals surface area contributed by atoms with Crippen molar-refractivity contribution in [1.29, 1.82) is 0 Å². The van der Waals surface area contributed by atoms with Crippen LogP contribution >= 0.6 is 35.0 Å². The first-order valence-corrected chi connectivity index (χ1v) is 31.1. The van der Waals surface area contributed by atoms with E-state index in [0.29, 0.717) is 22.9 Å². The van der Waals surface area contributed by atoms with Gasteiger partial charge in [0.2, 0.25) is 17.0 Å². The molecule has 18 nitrogen and oxygen atoms in total. The number of aliphatic hydroxyl groups is 1. The molecule has 5 aromatic rings. The minimum Gasteiger partial charge on any atom is -0.481 e. The van der Waals surface area contributed by atoms with Gasteiger partial charge < -0.3 is 40.3 Å². The van der Waals surface area contributed by atoms with Gasteiger partial charge >= 0.3 is 17.9 Å². The number of esters is 1. The van der Waals surface area contributed by atoms with E-state index in [1.54, 1.807) is 74.1 Å². The molecule has 6 N–H and O–H groups in total. The number of allylic oxidation sites excluding steroid dienone is 2. The molecular weight excluding hydrogens is 1150 g/mol. The molecule has 4 aromatic carbocycles. The van der Waals surface area contributed by atoms with Gasteiger partial charge in [0, 0.05) is 25.3 Å². The minimum atomic E-state index is -1.53. The van der Waals surface area contributed by atoms with Gasteiger partial charge in [0.1, 0.15) is 23.7 Å². The Morgan fingerprint density at radius 3 is 1.62 bits per heavy atom. The van der Waals surface area contributed by atoms with Gasteiger partial charge in [-0.05, 0) is 109 Å². The van der Waals surface area contributed by atoms with Crippen LogP contribution in [0.2, 0.25) is 10.0 Å². The molecule has 1 heterocycles. The third kappa shape index (κ3) is 32.2. The number of nitrogens with one attached hydrogen (secondary N) is 2. The van der Waals surface area contributed by atoms with E-state index >= 15 is 0 Å². The molecule has 0 radical (unpaired) electrons. The Hall–Kier alpha value is -6.93. The quantitative estimate of drug-likeness (QED) is 0.00322. The van der Waals surface area contributed by atoms with Crippen LogP contribution in [0.3, 0.4) is 0 Å². The maximum atomic E-state index is 13.9. The number of carboxylic acid groups (broad SMARTS) is 2. The highest BCUT2D eigenvalue weighted by molar-refractivity contribution is 7.98. The normalized spacial score (nSPS) is 11.2. The average molecular weight is 1240 g/mol. The first-order valence-electron chi connectivity index (χ1n) is 29.4. The number of ether oxygens (including phenoxy) is 2. The number of aromatic carboxylic acids is 1. The van der Waals surface area contributed by atoms with Crippen LogP contribution in [-0.4, -0.2) is 70.5 Å². The summed E-state index contributed by atoms with van der Waals surface area (Å²) in [5.74, 6) is -5.30. The van der Waals surface area contributed by atoms with Crippen LogP contribution in [-0.2, 0) is 38.5 Å². The van der Waals surface area contributed by atoms with Crippen LogP contribution in [0.5, 0.6) is 11.5 Å². The fraction of sp³-hybridized carbons (Fsp3) is 0.469. The second-order valence-electron chi connectivity index (χ2n) is 19.9. The maximum absolute atomic E-state index is 13.9. The Morgan fingerprint density at radius 1 is 0.647 bits per heavy atom. The van der Waals surface area contributed by atoms with Crippen molar-refractivity contribution in [3.63, 3.8) is 0 Å². The maximum Gasteiger partial charge on any atom is 0.343 e. The van der Waals surface area contributed by atoms with Gasteiger partial charge in [-0.25, -0.2) is 19.5 Å². The number of aliphatic carboxylic acids is 1. The first-order chi connectivity index (χ1) is 41.0. The number of carboxylic acids is 2. The van der Waals surface area contributed by atoms with Gasteiger partial charge in [0.15, 0.2) is 0 Å². The number of tetrazole rings is 1. The topological polar surface area (TPSA) is 262 Å². The van der Waals surface area contributed by atoms with E-state index in [-0.39, 0.29) is 50.5 Å². The zero-order valence-electron chi connectivity index (χ0n) is 50.2. The number of aromatic nitrogens is 4. The number of anilines is 2. The molecule has 85 heavy (non-hydrogen) atoms. The zero-order valence-corrected chi connectivity index (χ0v) is 52.5. The van der Waals surface area contributed by atoms with Crippen LogP contribution in [0.25, 0.3) is 0 Å². The second kappa shape index (κ2) is 45.4. The molecule has 0 saturated heterocycles. The Balaban J connectivity index is 0.000000625. The Bertz CT molecular complexity index is 2790. The fourth-order valence-electron chi connectivity index (χ4n) is 8.15. The number of thioether (sulfide) groups is 1. The van der Waals surface area contributed by atoms with E-state index in [0.717, 1.165) is 24.5 Å². The third-order valence-electron chi connectivity index (χ3n) is 12.9. The third-order valence-corrected chi connectivity index (χ3v) is 14.7. The lowest BCUT2D eigenvalue weighted by atomic mass is 9.93. The van der Waals surface area contributed by atoms with Crippen molar-refractivity contribution < 1.29 is 58.9 Å². The van der Waals surface area contributed by atoms with Crippen molar-refractivity contribution in [2.24, 2.45) is 13.0 Å². The summed E-state index contributed by atoms with van der Waals surface area (Å²) in [7, 11) is 1.74. The van der Waals surface area contributed by atoms with Crippen LogP contribution in [0.15, 0.2) is 114 Å². The molecule has 466 valence electrons. The standard InChI is InChI=1S/C36H30Cl2N6O8S.C13H26O2.C12H26.C3H6O2/c1-3-31(45)51-24-13-15-28(38)30(18-24)40-33(47)26(32(46)39-29-17-22(34(48)49)10-14-27(29)37)16-21-6-4-5-7-25(21)35(50)52-23-11-8-20(9-12-23)19-53-36-41-42-43-44(36)2;1-2-3-4-5-6-7-8-9-10-11-12-13(14)15;1-3-5-7-9-11-12-10-8-6-4-2;1-2-3-5-4/h3-15,17-18,26,45H,16,19H2,1-2H3,(H,39,46)(H,40,47)(H,48,49);2-12H2,1H3,(H,14,15);3-12H2,1-2H3;2-4H,1H3/b31-3+;;;3-2+. The number of carbonyl (C=O) groups is 5. The van der Waals surface area contributed by atoms with E-state index < -0.39 is 41.6 Å². The Labute approximate surface area is 516 Å². The Kier molecular flexibility index (Phi) is 39.6. The number of aryl methyl sites for hydroxylation is 1. The molecule has 1 unspecified atom stereocenters. The van der Waals surface area contributed by atoms with Crippen molar-refractivity contribution in [2.75, 3.05) is 10.6 Å². The number of unbranched alkanes of at least 4 members (excludes halogenated alkanes) is 18. The SMILES string of the molecule is C/C=C(\O)Oc1ccc(Cl)c(NC(=O)C(Cc2ccccc2C(=O)Oc2ccc(CSc3nnnn3C)cc2)C(=O)Nc2cc(C(=O)O)ccc2Cl)c1.C/C=C/OO.CCCCCCCCCCCC.CCCCCCCCCCCCC(=O)O. The number of benzene rings is 4. The molecule has 0 bridgehead atoms. The van der Waals surface area contributed by atoms with E-state index in [1.165, 1.54) is 176 Å². The molecule has 0 aliphatic rings.